The Morgan fingerprint density at radius 2 is 1.83 bits per heavy atom. The van der Waals surface area contributed by atoms with Crippen LogP contribution in [-0.4, -0.2) is 42.0 Å². The molecule has 0 aliphatic heterocycles. The maximum atomic E-state index is 6.31. The summed E-state index contributed by atoms with van der Waals surface area (Å²) in [5, 5.41) is 0.189. The van der Waals surface area contributed by atoms with Crippen LogP contribution in [0.1, 0.15) is 26.3 Å². The second-order valence-corrected chi connectivity index (χ2v) is 12.1. The first-order valence-electron chi connectivity index (χ1n) is 8.07. The lowest BCUT2D eigenvalue weighted by Gasteiger charge is -2.37. The van der Waals surface area contributed by atoms with Gasteiger partial charge in [-0.05, 0) is 35.8 Å². The summed E-state index contributed by atoms with van der Waals surface area (Å²) in [5.41, 5.74) is 1.17. The van der Waals surface area contributed by atoms with Gasteiger partial charge in [0.15, 0.2) is 8.32 Å². The zero-order valence-electron chi connectivity index (χ0n) is 15.6. The van der Waals surface area contributed by atoms with E-state index in [9.17, 15) is 0 Å². The number of ether oxygens (including phenoxy) is 3. The number of hydrogen-bond donors (Lipinski definition) is 0. The molecule has 132 valence electrons. The molecule has 0 radical (unpaired) electrons. The van der Waals surface area contributed by atoms with E-state index in [1.807, 2.05) is 18.2 Å². The van der Waals surface area contributed by atoms with Crippen molar-refractivity contribution in [1.82, 2.24) is 0 Å². The summed E-state index contributed by atoms with van der Waals surface area (Å²) in [7, 11) is 1.53. The van der Waals surface area contributed by atoms with Crippen LogP contribution in [-0.2, 0) is 20.3 Å². The SMILES string of the molecule is COCO[C@@H](CO[Si](C)(C)C(C)(C)C)Cc1cccc(OC)c1. The van der Waals surface area contributed by atoms with Crippen molar-refractivity contribution in [3.05, 3.63) is 29.8 Å². The quantitative estimate of drug-likeness (QED) is 0.497. The first-order chi connectivity index (χ1) is 10.7. The molecule has 1 aromatic rings. The van der Waals surface area contributed by atoms with E-state index < -0.39 is 8.32 Å². The number of hydrogen-bond acceptors (Lipinski definition) is 4. The molecule has 0 amide bonds. The van der Waals surface area contributed by atoms with Crippen molar-refractivity contribution in [2.75, 3.05) is 27.6 Å². The van der Waals surface area contributed by atoms with Gasteiger partial charge in [-0.25, -0.2) is 0 Å². The van der Waals surface area contributed by atoms with E-state index in [4.69, 9.17) is 18.6 Å². The third kappa shape index (κ3) is 6.63. The summed E-state index contributed by atoms with van der Waals surface area (Å²) < 4.78 is 22.5. The molecule has 0 aromatic heterocycles. The van der Waals surface area contributed by atoms with Crippen molar-refractivity contribution in [3.63, 3.8) is 0 Å². The van der Waals surface area contributed by atoms with Gasteiger partial charge in [-0.2, -0.15) is 0 Å². The van der Waals surface area contributed by atoms with Gasteiger partial charge in [0, 0.05) is 13.5 Å². The maximum absolute atomic E-state index is 6.31. The third-order valence-electron chi connectivity index (χ3n) is 4.46. The van der Waals surface area contributed by atoms with Crippen molar-refractivity contribution in [2.24, 2.45) is 0 Å². The lowest BCUT2D eigenvalue weighted by atomic mass is 10.1. The third-order valence-corrected chi connectivity index (χ3v) is 8.96. The van der Waals surface area contributed by atoms with E-state index in [1.54, 1.807) is 14.2 Å². The minimum Gasteiger partial charge on any atom is -0.497 e. The van der Waals surface area contributed by atoms with Crippen LogP contribution in [0.3, 0.4) is 0 Å². The van der Waals surface area contributed by atoms with E-state index >= 15 is 0 Å². The van der Waals surface area contributed by atoms with Crippen LogP contribution in [0.15, 0.2) is 24.3 Å². The number of methoxy groups -OCH3 is 2. The van der Waals surface area contributed by atoms with Crippen LogP contribution in [0.4, 0.5) is 0 Å². The Hall–Kier alpha value is -0.883. The number of benzene rings is 1. The van der Waals surface area contributed by atoms with Crippen molar-refractivity contribution >= 4 is 8.32 Å². The molecular weight excluding hydrogens is 308 g/mol. The summed E-state index contributed by atoms with van der Waals surface area (Å²) in [6.07, 6.45) is 0.742. The lowest BCUT2D eigenvalue weighted by Crippen LogP contribution is -2.43. The Kier molecular flexibility index (Phi) is 7.74. The monoisotopic (exact) mass is 340 g/mol. The smallest absolute Gasteiger partial charge is 0.192 e. The van der Waals surface area contributed by atoms with Crippen LogP contribution in [0.5, 0.6) is 5.75 Å². The van der Waals surface area contributed by atoms with Gasteiger partial charge in [0.1, 0.15) is 12.5 Å². The maximum Gasteiger partial charge on any atom is 0.192 e. The van der Waals surface area contributed by atoms with Gasteiger partial charge in [0.2, 0.25) is 0 Å². The van der Waals surface area contributed by atoms with Gasteiger partial charge in [-0.3, -0.25) is 0 Å². The van der Waals surface area contributed by atoms with Gasteiger partial charge < -0.3 is 18.6 Å². The Balaban J connectivity index is 2.72. The fourth-order valence-corrected chi connectivity index (χ4v) is 2.95. The van der Waals surface area contributed by atoms with Crippen LogP contribution >= 0.6 is 0 Å². The average Bonchev–Trinajstić information content (AvgIpc) is 2.49. The zero-order valence-corrected chi connectivity index (χ0v) is 16.6. The molecule has 1 rings (SSSR count). The highest BCUT2D eigenvalue weighted by Gasteiger charge is 2.37. The van der Waals surface area contributed by atoms with E-state index in [1.165, 1.54) is 5.56 Å². The van der Waals surface area contributed by atoms with E-state index in [2.05, 4.69) is 39.9 Å². The second-order valence-electron chi connectivity index (χ2n) is 7.32. The largest absolute Gasteiger partial charge is 0.497 e. The lowest BCUT2D eigenvalue weighted by molar-refractivity contribution is -0.0845. The summed E-state index contributed by atoms with van der Waals surface area (Å²) in [6, 6.07) is 8.06. The molecule has 0 spiro atoms. The van der Waals surface area contributed by atoms with E-state index in [0.717, 1.165) is 12.2 Å². The molecule has 0 bridgehead atoms. The highest BCUT2D eigenvalue weighted by atomic mass is 28.4. The fourth-order valence-electron chi connectivity index (χ4n) is 1.91. The molecule has 5 heteroatoms. The molecule has 0 heterocycles. The first kappa shape index (κ1) is 20.2. The van der Waals surface area contributed by atoms with Crippen molar-refractivity contribution in [3.8, 4) is 5.75 Å². The Bertz CT molecular complexity index is 468. The van der Waals surface area contributed by atoms with Gasteiger partial charge in [0.25, 0.3) is 0 Å². The standard InChI is InChI=1S/C18H32O4Si/c1-18(2,3)23(6,7)22-13-17(21-14-19-4)12-15-9-8-10-16(11-15)20-5/h8-11,17H,12-14H2,1-7H3/t17-/m1/s1. The zero-order chi connectivity index (χ0) is 17.5. The summed E-state index contributed by atoms with van der Waals surface area (Å²) in [4.78, 5) is 0. The summed E-state index contributed by atoms with van der Waals surface area (Å²) >= 11 is 0. The molecule has 0 aliphatic rings. The molecule has 0 aliphatic carbocycles. The predicted octanol–water partition coefficient (Wildman–Crippen LogP) is 4.25. The molecule has 4 nitrogen and oxygen atoms in total. The van der Waals surface area contributed by atoms with Gasteiger partial charge in [0.05, 0.1) is 19.8 Å². The van der Waals surface area contributed by atoms with Crippen molar-refractivity contribution in [2.45, 2.75) is 51.4 Å². The minimum absolute atomic E-state index is 0.0313. The van der Waals surface area contributed by atoms with Crippen LogP contribution < -0.4 is 4.74 Å². The van der Waals surface area contributed by atoms with Crippen LogP contribution in [0.25, 0.3) is 0 Å². The normalized spacial score (nSPS) is 13.9. The predicted molar refractivity (Wildman–Crippen MR) is 96.6 cm³/mol. The number of rotatable bonds is 9. The van der Waals surface area contributed by atoms with Gasteiger partial charge in [-0.1, -0.05) is 32.9 Å². The molecule has 0 saturated carbocycles. The molecule has 0 fully saturated rings. The fraction of sp³-hybridized carbons (Fsp3) is 0.667. The summed E-state index contributed by atoms with van der Waals surface area (Å²) in [6.45, 7) is 12.1. The molecular formula is C18H32O4Si. The van der Waals surface area contributed by atoms with Crippen molar-refractivity contribution in [1.29, 1.82) is 0 Å². The molecule has 23 heavy (non-hydrogen) atoms. The highest BCUT2D eigenvalue weighted by molar-refractivity contribution is 6.74. The molecule has 1 aromatic carbocycles. The molecule has 1 atom stereocenters. The van der Waals surface area contributed by atoms with Crippen LogP contribution in [0.2, 0.25) is 18.1 Å². The Labute approximate surface area is 142 Å². The average molecular weight is 341 g/mol. The van der Waals surface area contributed by atoms with E-state index in [-0.39, 0.29) is 17.9 Å². The minimum atomic E-state index is -1.79. The van der Waals surface area contributed by atoms with E-state index in [0.29, 0.717) is 6.61 Å². The van der Waals surface area contributed by atoms with Gasteiger partial charge in [-0.15, -0.1) is 0 Å². The van der Waals surface area contributed by atoms with Crippen molar-refractivity contribution < 1.29 is 18.6 Å². The Morgan fingerprint density at radius 3 is 2.39 bits per heavy atom. The molecule has 0 unspecified atom stereocenters. The first-order valence-corrected chi connectivity index (χ1v) is 11.0. The molecule has 0 saturated heterocycles. The molecule has 0 N–H and O–H groups in total. The summed E-state index contributed by atoms with van der Waals surface area (Å²) in [5.74, 6) is 0.860. The van der Waals surface area contributed by atoms with Gasteiger partial charge >= 0.3 is 0 Å². The topological polar surface area (TPSA) is 36.9 Å². The second kappa shape index (κ2) is 8.83. The van der Waals surface area contributed by atoms with Crippen LogP contribution in [0, 0.1) is 0 Å². The Morgan fingerprint density at radius 1 is 1.13 bits per heavy atom. The highest BCUT2D eigenvalue weighted by Crippen LogP contribution is 2.36.